The summed E-state index contributed by atoms with van der Waals surface area (Å²) in [5.74, 6) is 0.684. The van der Waals surface area contributed by atoms with Crippen LogP contribution in [0.3, 0.4) is 0 Å². The third-order valence-electron chi connectivity index (χ3n) is 3.02. The van der Waals surface area contributed by atoms with Crippen molar-refractivity contribution in [3.05, 3.63) is 39.3 Å². The summed E-state index contributed by atoms with van der Waals surface area (Å²) in [5, 5.41) is 3.30. The summed E-state index contributed by atoms with van der Waals surface area (Å²) < 4.78 is 0. The maximum atomic E-state index is 8.50. The third kappa shape index (κ3) is 3.65. The molecule has 4 nitrogen and oxygen atoms in total. The van der Waals surface area contributed by atoms with E-state index in [0.29, 0.717) is 5.75 Å². The van der Waals surface area contributed by atoms with Gasteiger partial charge in [0.05, 0.1) is 0 Å². The van der Waals surface area contributed by atoms with Gasteiger partial charge in [-0.15, -0.1) is 0 Å². The summed E-state index contributed by atoms with van der Waals surface area (Å²) in [6.07, 6.45) is 0. The quantitative estimate of drug-likeness (QED) is 0.312. The van der Waals surface area contributed by atoms with Gasteiger partial charge in [-0.2, -0.15) is 0 Å². The highest BCUT2D eigenvalue weighted by atomic mass is 16.6. The monoisotopic (exact) mass is 261 g/mol. The molecule has 0 saturated carbocycles. The lowest BCUT2D eigenvalue weighted by atomic mass is 9.78. The summed E-state index contributed by atoms with van der Waals surface area (Å²) in [6.45, 7) is 14.8. The predicted molar refractivity (Wildman–Crippen MR) is 78.4 cm³/mol. The number of nitrogens with zero attached hydrogens (tertiary/aromatic N) is 3. The van der Waals surface area contributed by atoms with E-state index in [2.05, 4.69) is 70.8 Å². The van der Waals surface area contributed by atoms with E-state index in [9.17, 15) is 0 Å². The molecule has 0 aliphatic heterocycles. The highest BCUT2D eigenvalue weighted by molar-refractivity contribution is 5.50. The Morgan fingerprint density at radius 2 is 1.42 bits per heavy atom. The Labute approximate surface area is 115 Å². The second-order valence-corrected chi connectivity index (χ2v) is 6.95. The van der Waals surface area contributed by atoms with Gasteiger partial charge in [-0.3, -0.25) is 0 Å². The Morgan fingerprint density at radius 3 is 1.74 bits per heavy atom. The second kappa shape index (κ2) is 5.14. The summed E-state index contributed by atoms with van der Waals surface area (Å²) in [7, 11) is 0. The van der Waals surface area contributed by atoms with Crippen LogP contribution in [-0.4, -0.2) is 0 Å². The Bertz CT molecular complexity index is 480. The minimum absolute atomic E-state index is 0.0771. The normalized spacial score (nSPS) is 11.9. The number of benzene rings is 1. The molecule has 0 heterocycles. The van der Waals surface area contributed by atoms with E-state index < -0.39 is 0 Å². The molecule has 0 N–H and O–H groups in total. The van der Waals surface area contributed by atoms with Crippen LogP contribution in [0.25, 0.3) is 10.4 Å². The van der Waals surface area contributed by atoms with E-state index in [0.717, 1.165) is 11.1 Å². The van der Waals surface area contributed by atoms with E-state index in [1.165, 1.54) is 5.56 Å². The number of hydrogen-bond donors (Lipinski definition) is 0. The van der Waals surface area contributed by atoms with Crippen molar-refractivity contribution in [2.45, 2.75) is 59.3 Å². The smallest absolute Gasteiger partial charge is 0.144 e. The molecule has 1 rings (SSSR count). The fourth-order valence-corrected chi connectivity index (χ4v) is 2.04. The molecule has 1 aromatic carbocycles. The first-order valence-electron chi connectivity index (χ1n) is 6.44. The Balaban J connectivity index is 3.62. The molecule has 0 radical (unpaired) electrons. The van der Waals surface area contributed by atoms with E-state index in [1.54, 1.807) is 0 Å². The summed E-state index contributed by atoms with van der Waals surface area (Å²) in [4.78, 5) is 8.04. The summed E-state index contributed by atoms with van der Waals surface area (Å²) in [6, 6.07) is 4.19. The molecule has 0 aliphatic rings. The zero-order valence-electron chi connectivity index (χ0n) is 12.9. The Morgan fingerprint density at radius 1 is 1.00 bits per heavy atom. The van der Waals surface area contributed by atoms with Gasteiger partial charge in [-0.25, -0.2) is 0 Å². The standard InChI is InChI=1S/C15H23N3O/c1-10-8-11(14(2,3)4)13(19-18-17-16)12(9-10)15(5,6)7/h8-9H,1-7H3. The number of aryl methyl sites for hydroxylation is 1. The van der Waals surface area contributed by atoms with E-state index in [-0.39, 0.29) is 10.8 Å². The van der Waals surface area contributed by atoms with Gasteiger partial charge in [0.25, 0.3) is 0 Å². The van der Waals surface area contributed by atoms with Crippen LogP contribution in [0, 0.1) is 6.92 Å². The summed E-state index contributed by atoms with van der Waals surface area (Å²) >= 11 is 0. The van der Waals surface area contributed by atoms with Gasteiger partial charge < -0.3 is 4.84 Å². The van der Waals surface area contributed by atoms with Crippen molar-refractivity contribution >= 4 is 0 Å². The minimum atomic E-state index is -0.0771. The topological polar surface area (TPSA) is 58.0 Å². The number of azide groups is 1. The van der Waals surface area contributed by atoms with Gasteiger partial charge in [0.1, 0.15) is 11.0 Å². The van der Waals surface area contributed by atoms with Crippen LogP contribution < -0.4 is 4.84 Å². The van der Waals surface area contributed by atoms with Crippen LogP contribution in [0.2, 0.25) is 0 Å². The molecule has 1 aromatic rings. The molecular formula is C15H23N3O. The van der Waals surface area contributed by atoms with Crippen LogP contribution >= 0.6 is 0 Å². The predicted octanol–water partition coefficient (Wildman–Crippen LogP) is 5.19. The highest BCUT2D eigenvalue weighted by Gasteiger charge is 2.27. The van der Waals surface area contributed by atoms with E-state index in [4.69, 9.17) is 10.4 Å². The fraction of sp³-hybridized carbons (Fsp3) is 0.600. The first kappa shape index (κ1) is 15.4. The van der Waals surface area contributed by atoms with Crippen molar-refractivity contribution in [3.63, 3.8) is 0 Å². The fourth-order valence-electron chi connectivity index (χ4n) is 2.04. The van der Waals surface area contributed by atoms with Crippen molar-refractivity contribution in [3.8, 4) is 5.75 Å². The Kier molecular flexibility index (Phi) is 4.16. The van der Waals surface area contributed by atoms with Gasteiger partial charge in [-0.1, -0.05) is 59.2 Å². The molecular weight excluding hydrogens is 238 g/mol. The van der Waals surface area contributed by atoms with Crippen molar-refractivity contribution in [2.24, 2.45) is 5.28 Å². The van der Waals surface area contributed by atoms with Crippen LogP contribution in [0.4, 0.5) is 0 Å². The van der Waals surface area contributed by atoms with Gasteiger partial charge in [0, 0.05) is 16.0 Å². The molecule has 0 aliphatic carbocycles. The first-order chi connectivity index (χ1) is 8.57. The van der Waals surface area contributed by atoms with Gasteiger partial charge in [0.2, 0.25) is 0 Å². The molecule has 19 heavy (non-hydrogen) atoms. The molecule has 0 saturated heterocycles. The molecule has 0 aromatic heterocycles. The lowest BCUT2D eigenvalue weighted by Crippen LogP contribution is -2.19. The van der Waals surface area contributed by atoms with Gasteiger partial charge in [0.15, 0.2) is 0 Å². The van der Waals surface area contributed by atoms with E-state index in [1.807, 2.05) is 0 Å². The van der Waals surface area contributed by atoms with Crippen molar-refractivity contribution < 1.29 is 4.84 Å². The molecule has 4 heteroatoms. The maximum absolute atomic E-state index is 8.50. The molecule has 104 valence electrons. The minimum Gasteiger partial charge on any atom is -0.394 e. The van der Waals surface area contributed by atoms with Crippen LogP contribution in [0.15, 0.2) is 17.4 Å². The lowest BCUT2D eigenvalue weighted by molar-refractivity contribution is 0.312. The van der Waals surface area contributed by atoms with E-state index >= 15 is 0 Å². The van der Waals surface area contributed by atoms with Gasteiger partial charge in [-0.05, 0) is 23.3 Å². The highest BCUT2D eigenvalue weighted by Crippen LogP contribution is 2.40. The lowest BCUT2D eigenvalue weighted by Gasteiger charge is -2.29. The number of rotatable bonds is 2. The first-order valence-corrected chi connectivity index (χ1v) is 6.44. The van der Waals surface area contributed by atoms with Crippen molar-refractivity contribution in [1.29, 1.82) is 0 Å². The van der Waals surface area contributed by atoms with Crippen molar-refractivity contribution in [1.82, 2.24) is 0 Å². The average Bonchev–Trinajstić information content (AvgIpc) is 2.23. The molecule has 0 spiro atoms. The summed E-state index contributed by atoms with van der Waals surface area (Å²) in [5.41, 5.74) is 11.7. The largest absolute Gasteiger partial charge is 0.394 e. The Hall–Kier alpha value is -1.67. The molecule has 0 atom stereocenters. The molecule has 0 amide bonds. The maximum Gasteiger partial charge on any atom is 0.144 e. The van der Waals surface area contributed by atoms with Crippen LogP contribution in [0.1, 0.15) is 58.2 Å². The SMILES string of the molecule is Cc1cc(C(C)(C)C)c(ON=[N+]=[N-])c(C(C)(C)C)c1. The van der Waals surface area contributed by atoms with Crippen molar-refractivity contribution in [2.75, 3.05) is 0 Å². The van der Waals surface area contributed by atoms with Crippen LogP contribution in [0.5, 0.6) is 5.75 Å². The van der Waals surface area contributed by atoms with Gasteiger partial charge >= 0.3 is 0 Å². The van der Waals surface area contributed by atoms with Crippen LogP contribution in [-0.2, 0) is 10.8 Å². The second-order valence-electron chi connectivity index (χ2n) is 6.95. The zero-order valence-corrected chi connectivity index (χ0v) is 12.9. The number of hydrogen-bond acceptors (Lipinski definition) is 2. The molecule has 0 fully saturated rings. The molecule has 0 bridgehead atoms. The zero-order chi connectivity index (χ0) is 14.8. The third-order valence-corrected chi connectivity index (χ3v) is 3.02. The molecule has 0 unspecified atom stereocenters. The average molecular weight is 261 g/mol.